The van der Waals surface area contributed by atoms with Gasteiger partial charge in [0, 0.05) is 12.2 Å². The van der Waals surface area contributed by atoms with E-state index in [1.165, 1.54) is 0 Å². The second-order valence-corrected chi connectivity index (χ2v) is 3.15. The van der Waals surface area contributed by atoms with Gasteiger partial charge in [0.1, 0.15) is 0 Å². The van der Waals surface area contributed by atoms with Crippen LogP contribution in [0.3, 0.4) is 0 Å². The molecule has 1 rings (SSSR count). The van der Waals surface area contributed by atoms with Gasteiger partial charge in [0.2, 0.25) is 0 Å². The third-order valence-electron chi connectivity index (χ3n) is 1.84. The Morgan fingerprint density at radius 3 is 2.20 bits per heavy atom. The number of aliphatic hydroxyl groups excluding tert-OH is 1. The molecule has 0 saturated carbocycles. The lowest BCUT2D eigenvalue weighted by Crippen LogP contribution is -2.41. The van der Waals surface area contributed by atoms with E-state index in [1.807, 2.05) is 0 Å². The number of hydrogen-bond acceptors (Lipinski definition) is 6. The molecule has 6 heteroatoms. The molecular formula is C9H12O6. The van der Waals surface area contributed by atoms with Gasteiger partial charge in [0.15, 0.2) is 0 Å². The van der Waals surface area contributed by atoms with E-state index in [-0.39, 0.29) is 6.42 Å². The summed E-state index contributed by atoms with van der Waals surface area (Å²) in [6.07, 6.45) is 0.735. The average Bonchev–Trinajstić information content (AvgIpc) is 2.24. The van der Waals surface area contributed by atoms with Gasteiger partial charge in [-0.2, -0.15) is 0 Å². The first-order valence-corrected chi connectivity index (χ1v) is 4.49. The van der Waals surface area contributed by atoms with Crippen LogP contribution in [0.15, 0.2) is 12.2 Å². The molecule has 0 aromatic carbocycles. The molecule has 0 fully saturated rings. The number of ether oxygens (including phenoxy) is 2. The largest absolute Gasteiger partial charge is 0.395 e. The highest BCUT2D eigenvalue weighted by molar-refractivity contribution is 5.93. The maximum Gasteiger partial charge on any atom is 0.376 e. The van der Waals surface area contributed by atoms with E-state index in [0.29, 0.717) is 6.42 Å². The maximum atomic E-state index is 10.9. The fourth-order valence-corrected chi connectivity index (χ4v) is 1.06. The third kappa shape index (κ3) is 3.34. The zero-order valence-electron chi connectivity index (χ0n) is 8.17. The second-order valence-electron chi connectivity index (χ2n) is 3.15. The van der Waals surface area contributed by atoms with Crippen LogP contribution in [-0.4, -0.2) is 34.2 Å². The maximum absolute atomic E-state index is 10.9. The van der Waals surface area contributed by atoms with Crippen LogP contribution in [0.2, 0.25) is 0 Å². The number of hydrogen-bond donors (Lipinski definition) is 2. The van der Waals surface area contributed by atoms with Crippen LogP contribution in [0.5, 0.6) is 0 Å². The summed E-state index contributed by atoms with van der Waals surface area (Å²) < 4.78 is 8.94. The Kier molecular flexibility index (Phi) is 3.43. The van der Waals surface area contributed by atoms with Gasteiger partial charge in [0.05, 0.1) is 12.5 Å². The average molecular weight is 216 g/mol. The Labute approximate surface area is 86.1 Å². The molecule has 0 aliphatic carbocycles. The summed E-state index contributed by atoms with van der Waals surface area (Å²) in [4.78, 5) is 21.9. The number of carbonyl (C=O) groups is 2. The summed E-state index contributed by atoms with van der Waals surface area (Å²) in [5, 5.41) is 18.9. The lowest BCUT2D eigenvalue weighted by molar-refractivity contribution is -0.328. The van der Waals surface area contributed by atoms with Crippen LogP contribution < -0.4 is 0 Å². The number of cyclic esters (lactones) is 2. The predicted octanol–water partition coefficient (Wildman–Crippen LogP) is -0.550. The lowest BCUT2D eigenvalue weighted by Gasteiger charge is -2.26. The first-order valence-electron chi connectivity index (χ1n) is 4.49. The summed E-state index contributed by atoms with van der Waals surface area (Å²) in [7, 11) is 0. The van der Waals surface area contributed by atoms with Crippen LogP contribution in [0.4, 0.5) is 0 Å². The highest BCUT2D eigenvalue weighted by Crippen LogP contribution is 2.21. The number of esters is 2. The predicted molar refractivity (Wildman–Crippen MR) is 47.2 cm³/mol. The molecule has 15 heavy (non-hydrogen) atoms. The minimum absolute atomic E-state index is 0.338. The van der Waals surface area contributed by atoms with Crippen molar-refractivity contribution in [2.24, 2.45) is 0 Å². The van der Waals surface area contributed by atoms with Crippen LogP contribution in [0.25, 0.3) is 0 Å². The third-order valence-corrected chi connectivity index (χ3v) is 1.84. The van der Waals surface area contributed by atoms with Crippen molar-refractivity contribution in [2.45, 2.75) is 31.8 Å². The molecule has 1 aliphatic heterocycles. The molecule has 0 aromatic rings. The monoisotopic (exact) mass is 216 g/mol. The molecule has 0 aromatic heterocycles. The van der Waals surface area contributed by atoms with Gasteiger partial charge in [-0.1, -0.05) is 6.92 Å². The summed E-state index contributed by atoms with van der Waals surface area (Å²) in [5.41, 5.74) is 0. The molecule has 1 heterocycles. The standard InChI is InChI=1S/C9H12O6/c1-2-6(10)5-9(13)14-7(11)3-4-8(12)15-9/h3-4,6,10,13H,2,5H2,1H3. The van der Waals surface area contributed by atoms with Gasteiger partial charge in [-0.3, -0.25) is 0 Å². The zero-order valence-corrected chi connectivity index (χ0v) is 8.17. The summed E-state index contributed by atoms with van der Waals surface area (Å²) in [6.45, 7) is 1.67. The molecule has 0 saturated heterocycles. The highest BCUT2D eigenvalue weighted by atomic mass is 16.8. The van der Waals surface area contributed by atoms with Gasteiger partial charge in [-0.05, 0) is 6.42 Å². The first kappa shape index (κ1) is 11.7. The van der Waals surface area contributed by atoms with Crippen molar-refractivity contribution in [3.05, 3.63) is 12.2 Å². The summed E-state index contributed by atoms with van der Waals surface area (Å²) in [6, 6.07) is 0. The number of aliphatic hydroxyl groups is 2. The van der Waals surface area contributed by atoms with Crippen LogP contribution in [0, 0.1) is 0 Å². The molecule has 6 nitrogen and oxygen atoms in total. The van der Waals surface area contributed by atoms with Gasteiger partial charge >= 0.3 is 17.9 Å². The second kappa shape index (κ2) is 4.41. The molecule has 1 unspecified atom stereocenters. The Morgan fingerprint density at radius 2 is 1.80 bits per heavy atom. The Bertz CT molecular complexity index is 275. The number of carbonyl (C=O) groups excluding carboxylic acids is 2. The van der Waals surface area contributed by atoms with E-state index in [2.05, 4.69) is 9.47 Å². The molecule has 1 aliphatic rings. The molecule has 1 atom stereocenters. The van der Waals surface area contributed by atoms with Crippen molar-refractivity contribution in [1.82, 2.24) is 0 Å². The lowest BCUT2D eigenvalue weighted by atomic mass is 10.2. The molecular weight excluding hydrogens is 204 g/mol. The number of rotatable bonds is 3. The summed E-state index contributed by atoms with van der Waals surface area (Å²) >= 11 is 0. The van der Waals surface area contributed by atoms with Crippen LogP contribution in [-0.2, 0) is 19.1 Å². The van der Waals surface area contributed by atoms with Crippen LogP contribution in [0.1, 0.15) is 19.8 Å². The smallest absolute Gasteiger partial charge is 0.376 e. The van der Waals surface area contributed by atoms with Gasteiger partial charge in [-0.15, -0.1) is 0 Å². The molecule has 2 N–H and O–H groups in total. The van der Waals surface area contributed by atoms with Crippen molar-refractivity contribution in [3.8, 4) is 0 Å². The molecule has 0 bridgehead atoms. The van der Waals surface area contributed by atoms with Gasteiger partial charge < -0.3 is 19.7 Å². The molecule has 84 valence electrons. The van der Waals surface area contributed by atoms with E-state index in [0.717, 1.165) is 12.2 Å². The van der Waals surface area contributed by atoms with E-state index in [1.54, 1.807) is 6.92 Å². The molecule has 0 spiro atoms. The zero-order chi connectivity index (χ0) is 11.5. The van der Waals surface area contributed by atoms with Crippen molar-refractivity contribution in [2.75, 3.05) is 0 Å². The fourth-order valence-electron chi connectivity index (χ4n) is 1.06. The van der Waals surface area contributed by atoms with Gasteiger partial charge in [0.25, 0.3) is 0 Å². The topological polar surface area (TPSA) is 93.1 Å². The van der Waals surface area contributed by atoms with E-state index >= 15 is 0 Å². The first-order chi connectivity index (χ1) is 6.95. The molecule has 0 radical (unpaired) electrons. The quantitative estimate of drug-likeness (QED) is 0.615. The minimum Gasteiger partial charge on any atom is -0.395 e. The highest BCUT2D eigenvalue weighted by Gasteiger charge is 2.39. The van der Waals surface area contributed by atoms with E-state index in [9.17, 15) is 19.8 Å². The summed E-state index contributed by atoms with van der Waals surface area (Å²) in [5.74, 6) is -4.18. The van der Waals surface area contributed by atoms with Crippen molar-refractivity contribution >= 4 is 11.9 Å². The Morgan fingerprint density at radius 1 is 1.33 bits per heavy atom. The SMILES string of the molecule is CCC(O)CC1(O)OC(=O)C=CC(=O)O1. The fraction of sp³-hybridized carbons (Fsp3) is 0.556. The van der Waals surface area contributed by atoms with E-state index in [4.69, 9.17) is 0 Å². The molecule has 0 amide bonds. The Balaban J connectivity index is 2.74. The van der Waals surface area contributed by atoms with Crippen molar-refractivity contribution < 1.29 is 29.3 Å². The van der Waals surface area contributed by atoms with Crippen molar-refractivity contribution in [3.63, 3.8) is 0 Å². The van der Waals surface area contributed by atoms with Crippen molar-refractivity contribution in [1.29, 1.82) is 0 Å². The Hall–Kier alpha value is -1.40. The normalized spacial score (nSPS) is 21.5. The van der Waals surface area contributed by atoms with E-state index < -0.39 is 24.0 Å². The van der Waals surface area contributed by atoms with Gasteiger partial charge in [-0.25, -0.2) is 9.59 Å². The minimum atomic E-state index is -2.38. The van der Waals surface area contributed by atoms with Crippen LogP contribution >= 0.6 is 0 Å².